The van der Waals surface area contributed by atoms with Crippen LogP contribution in [0.4, 0.5) is 0 Å². The normalized spacial score (nSPS) is 11.6. The number of unbranched alkanes of at least 4 members (excludes halogenated alkanes) is 2. The highest BCUT2D eigenvalue weighted by Crippen LogP contribution is 2.13. The Morgan fingerprint density at radius 2 is 2.30 bits per heavy atom. The molecular weight excluding hydrogens is 140 g/mol. The second-order valence-corrected chi connectivity index (χ2v) is 3.04. The molecule has 0 radical (unpaired) electrons. The molecule has 0 aromatic carbocycles. The van der Waals surface area contributed by atoms with E-state index in [1.165, 1.54) is 24.2 Å². The summed E-state index contributed by atoms with van der Waals surface area (Å²) in [4.78, 5) is 1.30. The summed E-state index contributed by atoms with van der Waals surface area (Å²) in [5.74, 6) is 0. The van der Waals surface area contributed by atoms with Crippen LogP contribution in [0.1, 0.15) is 26.2 Å². The predicted octanol–water partition coefficient (Wildman–Crippen LogP) is 3.61. The number of allylic oxidation sites excluding steroid dienone is 2. The van der Waals surface area contributed by atoms with Crippen LogP contribution in [0.2, 0.25) is 0 Å². The van der Waals surface area contributed by atoms with Gasteiger partial charge in [0.05, 0.1) is 0 Å². The topological polar surface area (TPSA) is 0 Å². The highest BCUT2D eigenvalue weighted by atomic mass is 32.2. The zero-order valence-electron chi connectivity index (χ0n) is 6.89. The summed E-state index contributed by atoms with van der Waals surface area (Å²) in [6, 6.07) is 0. The first kappa shape index (κ1) is 9.83. The molecule has 0 aliphatic carbocycles. The Kier molecular flexibility index (Phi) is 6.83. The van der Waals surface area contributed by atoms with E-state index in [1.54, 1.807) is 11.8 Å². The third-order valence-electron chi connectivity index (χ3n) is 1.34. The molecule has 0 amide bonds. The molecule has 0 heterocycles. The molecule has 58 valence electrons. The second kappa shape index (κ2) is 6.94. The van der Waals surface area contributed by atoms with Crippen LogP contribution in [-0.4, -0.2) is 6.26 Å². The van der Waals surface area contributed by atoms with E-state index < -0.39 is 0 Å². The zero-order valence-corrected chi connectivity index (χ0v) is 7.71. The Labute approximate surface area is 68.4 Å². The van der Waals surface area contributed by atoms with E-state index in [0.717, 1.165) is 0 Å². The van der Waals surface area contributed by atoms with Gasteiger partial charge < -0.3 is 0 Å². The molecule has 0 atom stereocenters. The van der Waals surface area contributed by atoms with Gasteiger partial charge >= 0.3 is 0 Å². The van der Waals surface area contributed by atoms with Crippen molar-refractivity contribution in [2.75, 3.05) is 6.26 Å². The van der Waals surface area contributed by atoms with Crippen molar-refractivity contribution in [2.45, 2.75) is 26.2 Å². The maximum atomic E-state index is 3.72. The predicted molar refractivity (Wildman–Crippen MR) is 51.3 cm³/mol. The van der Waals surface area contributed by atoms with Crippen LogP contribution in [0, 0.1) is 0 Å². The Hall–Kier alpha value is -0.170. The smallest absolute Gasteiger partial charge is 0.00233 e. The molecule has 0 aromatic heterocycles. The van der Waals surface area contributed by atoms with Crippen molar-refractivity contribution < 1.29 is 0 Å². The van der Waals surface area contributed by atoms with E-state index >= 15 is 0 Å². The monoisotopic (exact) mass is 156 g/mol. The van der Waals surface area contributed by atoms with Gasteiger partial charge in [-0.15, -0.1) is 11.8 Å². The van der Waals surface area contributed by atoms with E-state index in [4.69, 9.17) is 0 Å². The first-order valence-electron chi connectivity index (χ1n) is 3.71. The van der Waals surface area contributed by atoms with Gasteiger partial charge in [-0.05, 0) is 12.7 Å². The Morgan fingerprint density at radius 3 is 2.70 bits per heavy atom. The fourth-order valence-electron chi connectivity index (χ4n) is 0.698. The Morgan fingerprint density at radius 1 is 1.60 bits per heavy atom. The van der Waals surface area contributed by atoms with Gasteiger partial charge in [0.2, 0.25) is 0 Å². The largest absolute Gasteiger partial charge is 0.130 e. The molecule has 0 N–H and O–H groups in total. The molecule has 0 bridgehead atoms. The lowest BCUT2D eigenvalue weighted by Gasteiger charge is -1.94. The minimum atomic E-state index is 1.19. The van der Waals surface area contributed by atoms with Crippen LogP contribution in [-0.2, 0) is 0 Å². The van der Waals surface area contributed by atoms with Crippen molar-refractivity contribution >= 4 is 11.8 Å². The van der Waals surface area contributed by atoms with Crippen LogP contribution in [0.3, 0.4) is 0 Å². The molecule has 0 rings (SSSR count). The van der Waals surface area contributed by atoms with Crippen LogP contribution in [0.25, 0.3) is 0 Å². The number of rotatable bonds is 5. The van der Waals surface area contributed by atoms with Crippen molar-refractivity contribution in [1.82, 2.24) is 0 Å². The molecule has 0 aromatic rings. The van der Waals surface area contributed by atoms with E-state index in [-0.39, 0.29) is 0 Å². The first-order chi connectivity index (χ1) is 4.85. The first-order valence-corrected chi connectivity index (χ1v) is 4.94. The average Bonchev–Trinajstić information content (AvgIpc) is 1.99. The molecule has 10 heavy (non-hydrogen) atoms. The lowest BCUT2D eigenvalue weighted by Crippen LogP contribution is -1.70. The third-order valence-corrected chi connectivity index (χ3v) is 2.14. The highest BCUT2D eigenvalue weighted by Gasteiger charge is 1.85. The molecule has 0 unspecified atom stereocenters. The maximum Gasteiger partial charge on any atom is 0.00233 e. The second-order valence-electron chi connectivity index (χ2n) is 2.16. The highest BCUT2D eigenvalue weighted by molar-refractivity contribution is 8.02. The van der Waals surface area contributed by atoms with Crippen molar-refractivity contribution in [2.24, 2.45) is 0 Å². The van der Waals surface area contributed by atoms with Crippen LogP contribution >= 0.6 is 11.8 Å². The van der Waals surface area contributed by atoms with Crippen LogP contribution < -0.4 is 0 Å². The van der Waals surface area contributed by atoms with Gasteiger partial charge in [-0.3, -0.25) is 0 Å². The lowest BCUT2D eigenvalue weighted by molar-refractivity contribution is 0.814. The van der Waals surface area contributed by atoms with Gasteiger partial charge in [0.25, 0.3) is 0 Å². The van der Waals surface area contributed by atoms with Gasteiger partial charge in [0, 0.05) is 4.91 Å². The minimum absolute atomic E-state index is 1.19. The van der Waals surface area contributed by atoms with Crippen molar-refractivity contribution in [1.29, 1.82) is 0 Å². The van der Waals surface area contributed by atoms with Crippen molar-refractivity contribution in [3.8, 4) is 0 Å². The number of hydrogen-bond donors (Lipinski definition) is 0. The third kappa shape index (κ3) is 4.68. The zero-order chi connectivity index (χ0) is 7.82. The molecule has 0 nitrogen and oxygen atoms in total. The van der Waals surface area contributed by atoms with Crippen LogP contribution in [0.15, 0.2) is 23.6 Å². The molecule has 0 aliphatic rings. The summed E-state index contributed by atoms with van der Waals surface area (Å²) in [5, 5.41) is 0. The summed E-state index contributed by atoms with van der Waals surface area (Å²) < 4.78 is 0. The van der Waals surface area contributed by atoms with Gasteiger partial charge in [-0.1, -0.05) is 38.5 Å². The van der Waals surface area contributed by atoms with E-state index in [1.807, 2.05) is 6.08 Å². The van der Waals surface area contributed by atoms with Gasteiger partial charge in [0.15, 0.2) is 0 Å². The molecule has 0 spiro atoms. The fourth-order valence-corrected chi connectivity index (χ4v) is 1.15. The molecule has 1 heteroatoms. The molecule has 0 saturated carbocycles. The standard InChI is InChI=1S/C9H16S/c1-4-6-7-8-9(5-2)10-3/h5,8H,2,4,6-7H2,1,3H3/b9-8-. The summed E-state index contributed by atoms with van der Waals surface area (Å²) in [6.45, 7) is 5.93. The Bertz CT molecular complexity index is 114. The molecular formula is C9H16S. The number of thioether (sulfide) groups is 1. The SMILES string of the molecule is C=C/C(=C/CCCC)SC. The molecule has 0 saturated heterocycles. The maximum absolute atomic E-state index is 3.72. The van der Waals surface area contributed by atoms with Gasteiger partial charge in [-0.25, -0.2) is 0 Å². The summed E-state index contributed by atoms with van der Waals surface area (Å²) in [5.41, 5.74) is 0. The number of hydrogen-bond acceptors (Lipinski definition) is 1. The lowest BCUT2D eigenvalue weighted by atomic mass is 10.2. The average molecular weight is 156 g/mol. The van der Waals surface area contributed by atoms with Crippen molar-refractivity contribution in [3.63, 3.8) is 0 Å². The van der Waals surface area contributed by atoms with Gasteiger partial charge in [-0.2, -0.15) is 0 Å². The van der Waals surface area contributed by atoms with E-state index in [2.05, 4.69) is 25.8 Å². The minimum Gasteiger partial charge on any atom is -0.130 e. The summed E-state index contributed by atoms with van der Waals surface area (Å²) >= 11 is 1.76. The summed E-state index contributed by atoms with van der Waals surface area (Å²) in [7, 11) is 0. The Balaban J connectivity index is 3.53. The van der Waals surface area contributed by atoms with E-state index in [9.17, 15) is 0 Å². The molecule has 0 aliphatic heterocycles. The quantitative estimate of drug-likeness (QED) is 0.433. The van der Waals surface area contributed by atoms with E-state index in [0.29, 0.717) is 0 Å². The molecule has 0 fully saturated rings. The summed E-state index contributed by atoms with van der Waals surface area (Å²) in [6.07, 6.45) is 10.0. The fraction of sp³-hybridized carbons (Fsp3) is 0.556. The van der Waals surface area contributed by atoms with Crippen molar-refractivity contribution in [3.05, 3.63) is 23.6 Å². The van der Waals surface area contributed by atoms with Gasteiger partial charge in [0.1, 0.15) is 0 Å². The van der Waals surface area contributed by atoms with Crippen LogP contribution in [0.5, 0.6) is 0 Å².